The summed E-state index contributed by atoms with van der Waals surface area (Å²) in [6.07, 6.45) is -1.45. The monoisotopic (exact) mass is 473 g/mol. The fraction of sp³-hybridized carbons (Fsp3) is 0.481. The molecule has 1 saturated carbocycles. The van der Waals surface area contributed by atoms with Crippen LogP contribution in [0.25, 0.3) is 22.4 Å². The van der Waals surface area contributed by atoms with E-state index in [0.717, 1.165) is 42.4 Å². The van der Waals surface area contributed by atoms with Crippen LogP contribution in [0.3, 0.4) is 0 Å². The second kappa shape index (κ2) is 9.43. The number of benzene rings is 2. The van der Waals surface area contributed by atoms with Crippen molar-refractivity contribution in [2.75, 3.05) is 0 Å². The maximum Gasteiger partial charge on any atom is 0.416 e. The van der Waals surface area contributed by atoms with Gasteiger partial charge in [0.2, 0.25) is 0 Å². The first-order chi connectivity index (χ1) is 16.1. The van der Waals surface area contributed by atoms with E-state index in [0.29, 0.717) is 29.1 Å². The number of esters is 1. The minimum Gasteiger partial charge on any atom is -0.459 e. The van der Waals surface area contributed by atoms with Gasteiger partial charge in [0.05, 0.1) is 18.2 Å². The first kappa shape index (κ1) is 24.3. The van der Waals surface area contributed by atoms with E-state index in [1.165, 1.54) is 12.1 Å². The molecule has 1 heterocycles. The summed E-state index contributed by atoms with van der Waals surface area (Å²) in [7, 11) is 1.86. The van der Waals surface area contributed by atoms with Crippen LogP contribution in [-0.4, -0.2) is 16.6 Å². The molecule has 0 N–H and O–H groups in total. The minimum atomic E-state index is -4.40. The highest BCUT2D eigenvalue weighted by atomic mass is 19.4. The van der Waals surface area contributed by atoms with Gasteiger partial charge in [-0.05, 0) is 67.0 Å². The van der Waals surface area contributed by atoms with Crippen molar-refractivity contribution in [1.82, 2.24) is 4.57 Å². The number of imidazole rings is 1. The summed E-state index contributed by atoms with van der Waals surface area (Å²) in [5, 5.41) is 0. The van der Waals surface area contributed by atoms with Crippen molar-refractivity contribution in [2.45, 2.75) is 58.9 Å². The van der Waals surface area contributed by atoms with E-state index in [-0.39, 0.29) is 18.6 Å². The lowest BCUT2D eigenvalue weighted by Crippen LogP contribution is -2.37. The molecule has 0 aliphatic heterocycles. The zero-order valence-electron chi connectivity index (χ0n) is 20.1. The van der Waals surface area contributed by atoms with E-state index >= 15 is 0 Å². The van der Waals surface area contributed by atoms with Crippen LogP contribution in [0.4, 0.5) is 13.2 Å². The number of carbonyl (C=O) groups is 1. The number of halogens is 3. The van der Waals surface area contributed by atoms with Gasteiger partial charge in [-0.2, -0.15) is 13.2 Å². The fourth-order valence-electron chi connectivity index (χ4n) is 5.29. The Morgan fingerprint density at radius 1 is 1.12 bits per heavy atom. The lowest BCUT2D eigenvalue weighted by molar-refractivity contribution is -0.634. The van der Waals surface area contributed by atoms with Crippen molar-refractivity contribution in [3.05, 3.63) is 54.1 Å². The van der Waals surface area contributed by atoms with E-state index in [9.17, 15) is 18.0 Å². The summed E-state index contributed by atoms with van der Waals surface area (Å²) in [4.78, 5) is 13.2. The Balaban J connectivity index is 1.68. The van der Waals surface area contributed by atoms with Crippen molar-refractivity contribution < 1.29 is 27.3 Å². The predicted molar refractivity (Wildman–Crippen MR) is 125 cm³/mol. The topological polar surface area (TPSA) is 35.1 Å². The zero-order valence-corrected chi connectivity index (χ0v) is 20.1. The van der Waals surface area contributed by atoms with Gasteiger partial charge in [-0.3, -0.25) is 0 Å². The Labute approximate surface area is 198 Å². The van der Waals surface area contributed by atoms with Gasteiger partial charge in [0.15, 0.2) is 17.6 Å². The van der Waals surface area contributed by atoms with E-state index in [1.54, 1.807) is 0 Å². The highest BCUT2D eigenvalue weighted by Crippen LogP contribution is 2.36. The van der Waals surface area contributed by atoms with Gasteiger partial charge in [0.25, 0.3) is 5.82 Å². The molecule has 2 aromatic carbocycles. The molecule has 7 heteroatoms. The van der Waals surface area contributed by atoms with Gasteiger partial charge >= 0.3 is 12.1 Å². The van der Waals surface area contributed by atoms with Crippen LogP contribution in [0.2, 0.25) is 0 Å². The zero-order chi connectivity index (χ0) is 24.6. The summed E-state index contributed by atoms with van der Waals surface area (Å²) < 4.78 is 49.0. The molecule has 4 rings (SSSR count). The summed E-state index contributed by atoms with van der Waals surface area (Å²) >= 11 is 0. The maximum atomic E-state index is 13.2. The molecule has 0 amide bonds. The molecular weight excluding hydrogens is 441 g/mol. The third kappa shape index (κ3) is 4.84. The Morgan fingerprint density at radius 2 is 1.79 bits per heavy atom. The third-order valence-corrected chi connectivity index (χ3v) is 7.11. The molecule has 0 unspecified atom stereocenters. The van der Waals surface area contributed by atoms with Gasteiger partial charge in [-0.25, -0.2) is 13.9 Å². The van der Waals surface area contributed by atoms with Gasteiger partial charge < -0.3 is 4.74 Å². The Bertz CT molecular complexity index is 1170. The van der Waals surface area contributed by atoms with Crippen LogP contribution in [0.15, 0.2) is 48.5 Å². The molecule has 1 aliphatic carbocycles. The number of alkyl halides is 3. The molecule has 3 aromatic rings. The Hall–Kier alpha value is -2.83. The maximum absolute atomic E-state index is 13.2. The molecule has 0 spiro atoms. The lowest BCUT2D eigenvalue weighted by Gasteiger charge is -2.36. The van der Waals surface area contributed by atoms with Gasteiger partial charge in [0.1, 0.15) is 6.10 Å². The van der Waals surface area contributed by atoms with E-state index in [1.807, 2.05) is 40.4 Å². The van der Waals surface area contributed by atoms with Crippen molar-refractivity contribution in [1.29, 1.82) is 0 Å². The van der Waals surface area contributed by atoms with Gasteiger partial charge in [-0.1, -0.05) is 39.3 Å². The first-order valence-electron chi connectivity index (χ1n) is 11.9. The molecule has 1 aliphatic rings. The van der Waals surface area contributed by atoms with Crippen LogP contribution in [0, 0.1) is 17.8 Å². The van der Waals surface area contributed by atoms with E-state index < -0.39 is 11.7 Å². The smallest absolute Gasteiger partial charge is 0.416 e. The van der Waals surface area contributed by atoms with Crippen LogP contribution in [0.1, 0.15) is 45.6 Å². The summed E-state index contributed by atoms with van der Waals surface area (Å²) in [5.74, 6) is 1.62. The average Bonchev–Trinajstić information content (AvgIpc) is 3.04. The third-order valence-electron chi connectivity index (χ3n) is 7.11. The molecule has 34 heavy (non-hydrogen) atoms. The number of rotatable bonds is 5. The predicted octanol–water partition coefficient (Wildman–Crippen LogP) is 6.16. The molecule has 182 valence electrons. The van der Waals surface area contributed by atoms with Crippen molar-refractivity contribution >= 4 is 17.0 Å². The number of para-hydroxylation sites is 2. The largest absolute Gasteiger partial charge is 0.459 e. The van der Waals surface area contributed by atoms with Crippen LogP contribution < -0.4 is 4.57 Å². The number of aryl methyl sites for hydroxylation is 1. The fourth-order valence-corrected chi connectivity index (χ4v) is 5.29. The van der Waals surface area contributed by atoms with Gasteiger partial charge in [0, 0.05) is 0 Å². The molecule has 0 bridgehead atoms. The number of hydrogen-bond acceptors (Lipinski definition) is 2. The number of fused-ring (bicyclic) bond motifs is 1. The Kier molecular flexibility index (Phi) is 6.74. The standard InChI is InChI=1S/C27H32F3N2O2/c1-17(2)21-14-9-18(3)15-24(21)34-25(33)16-32-23-8-6-5-7-22(23)31(4)26(32)19-10-12-20(13-11-19)27(28,29)30/h5-8,10-13,17-18,21,24H,9,14-16H2,1-4H3/q+1/t18-,21+,24-/m1/s1. The first-order valence-corrected chi connectivity index (χ1v) is 11.9. The SMILES string of the molecule is CC(C)[C@@H]1CC[C@@H](C)C[C@H]1OC(=O)Cn1c(-c2ccc(C(F)(F)F)cc2)[n+](C)c2ccccc21. The van der Waals surface area contributed by atoms with Gasteiger partial charge in [-0.15, -0.1) is 0 Å². The molecule has 0 radical (unpaired) electrons. The Morgan fingerprint density at radius 3 is 2.44 bits per heavy atom. The quantitative estimate of drug-likeness (QED) is 0.329. The summed E-state index contributed by atoms with van der Waals surface area (Å²) in [6, 6.07) is 12.7. The second-order valence-corrected chi connectivity index (χ2v) is 9.89. The van der Waals surface area contributed by atoms with Crippen molar-refractivity contribution in [3.63, 3.8) is 0 Å². The van der Waals surface area contributed by atoms with Crippen LogP contribution in [0.5, 0.6) is 0 Å². The summed E-state index contributed by atoms with van der Waals surface area (Å²) in [6.45, 7) is 6.53. The highest BCUT2D eigenvalue weighted by Gasteiger charge is 2.35. The van der Waals surface area contributed by atoms with Crippen molar-refractivity contribution in [2.24, 2.45) is 24.8 Å². The molecule has 4 nitrogen and oxygen atoms in total. The van der Waals surface area contributed by atoms with Crippen LogP contribution >= 0.6 is 0 Å². The van der Waals surface area contributed by atoms with Crippen molar-refractivity contribution in [3.8, 4) is 11.4 Å². The number of ether oxygens (including phenoxy) is 1. The molecule has 0 saturated heterocycles. The number of nitrogens with zero attached hydrogens (tertiary/aromatic N) is 2. The minimum absolute atomic E-state index is 0.00654. The highest BCUT2D eigenvalue weighted by molar-refractivity contribution is 5.79. The number of aromatic nitrogens is 2. The molecule has 3 atom stereocenters. The van der Waals surface area contributed by atoms with E-state index in [2.05, 4.69) is 20.8 Å². The normalized spacial score (nSPS) is 21.2. The van der Waals surface area contributed by atoms with E-state index in [4.69, 9.17) is 4.74 Å². The molecular formula is C27H32F3N2O2+. The number of carbonyl (C=O) groups excluding carboxylic acids is 1. The molecule has 1 fully saturated rings. The number of hydrogen-bond donors (Lipinski definition) is 0. The summed E-state index contributed by atoms with van der Waals surface area (Å²) in [5.41, 5.74) is 1.61. The second-order valence-electron chi connectivity index (χ2n) is 9.89. The lowest BCUT2D eigenvalue weighted by atomic mass is 9.75. The van der Waals surface area contributed by atoms with Crippen LogP contribution in [-0.2, 0) is 29.3 Å². The molecule has 1 aromatic heterocycles. The average molecular weight is 474 g/mol.